The fourth-order valence-electron chi connectivity index (χ4n) is 4.37. The molecular formula is C18H19F3N6S. The van der Waals surface area contributed by atoms with Gasteiger partial charge in [-0.25, -0.2) is 9.97 Å². The number of anilines is 1. The van der Waals surface area contributed by atoms with Crippen molar-refractivity contribution in [3.8, 4) is 0 Å². The van der Waals surface area contributed by atoms with Crippen molar-refractivity contribution < 1.29 is 13.2 Å². The van der Waals surface area contributed by atoms with Crippen molar-refractivity contribution >= 4 is 27.4 Å². The van der Waals surface area contributed by atoms with Gasteiger partial charge in [0.25, 0.3) is 0 Å². The summed E-state index contributed by atoms with van der Waals surface area (Å²) in [5.41, 5.74) is 1.48. The van der Waals surface area contributed by atoms with E-state index in [1.54, 1.807) is 6.07 Å². The van der Waals surface area contributed by atoms with Gasteiger partial charge >= 0.3 is 6.18 Å². The highest BCUT2D eigenvalue weighted by molar-refractivity contribution is 7.18. The molecule has 2 aliphatic heterocycles. The summed E-state index contributed by atoms with van der Waals surface area (Å²) in [7, 11) is 1.91. The molecule has 0 radical (unpaired) electrons. The molecule has 5 rings (SSSR count). The van der Waals surface area contributed by atoms with E-state index in [4.69, 9.17) is 0 Å². The summed E-state index contributed by atoms with van der Waals surface area (Å²) in [5.74, 6) is 0.756. The lowest BCUT2D eigenvalue weighted by Gasteiger charge is -2.60. The third-order valence-corrected chi connectivity index (χ3v) is 6.41. The molecule has 0 aromatic carbocycles. The fourth-order valence-corrected chi connectivity index (χ4v) is 5.39. The maximum Gasteiger partial charge on any atom is 0.393 e. The van der Waals surface area contributed by atoms with Gasteiger partial charge in [-0.1, -0.05) is 0 Å². The SMILES string of the molecule is Cn1cc(CN2CC3(C2)CN(c2ncnc4sc(CC(F)(F)F)cc24)C3)cn1. The van der Waals surface area contributed by atoms with E-state index in [2.05, 4.69) is 24.9 Å². The van der Waals surface area contributed by atoms with Gasteiger partial charge in [0, 0.05) is 61.8 Å². The molecule has 3 aromatic heterocycles. The average molecular weight is 408 g/mol. The number of hydrogen-bond donors (Lipinski definition) is 0. The Kier molecular flexibility index (Phi) is 3.92. The summed E-state index contributed by atoms with van der Waals surface area (Å²) in [4.78, 5) is 14.0. The van der Waals surface area contributed by atoms with Crippen molar-refractivity contribution in [1.82, 2.24) is 24.6 Å². The zero-order valence-electron chi connectivity index (χ0n) is 15.3. The molecule has 2 aliphatic rings. The normalized spacial score (nSPS) is 19.2. The Balaban J connectivity index is 1.25. The number of aromatic nitrogens is 4. The molecular weight excluding hydrogens is 389 g/mol. The van der Waals surface area contributed by atoms with E-state index in [-0.39, 0.29) is 10.3 Å². The minimum absolute atomic E-state index is 0.268. The van der Waals surface area contributed by atoms with Crippen LogP contribution in [0.2, 0.25) is 0 Å². The predicted octanol–water partition coefficient (Wildman–Crippen LogP) is 2.85. The highest BCUT2D eigenvalue weighted by Gasteiger charge is 2.52. The number of fused-ring (bicyclic) bond motifs is 1. The Morgan fingerprint density at radius 3 is 2.64 bits per heavy atom. The average Bonchev–Trinajstić information content (AvgIpc) is 3.11. The maximum atomic E-state index is 12.7. The molecule has 2 fully saturated rings. The summed E-state index contributed by atoms with van der Waals surface area (Å²) >= 11 is 1.10. The Hall–Kier alpha value is -2.20. The second kappa shape index (κ2) is 6.15. The first kappa shape index (κ1) is 17.9. The molecule has 10 heteroatoms. The first-order valence-electron chi connectivity index (χ1n) is 9.04. The van der Waals surface area contributed by atoms with Gasteiger partial charge in [-0.2, -0.15) is 18.3 Å². The number of nitrogens with zero attached hydrogens (tertiary/aromatic N) is 6. The van der Waals surface area contributed by atoms with Crippen molar-refractivity contribution in [3.63, 3.8) is 0 Å². The first-order valence-corrected chi connectivity index (χ1v) is 9.85. The maximum absolute atomic E-state index is 12.7. The summed E-state index contributed by atoms with van der Waals surface area (Å²) in [6.45, 7) is 4.71. The van der Waals surface area contributed by atoms with Crippen LogP contribution in [0.3, 0.4) is 0 Å². The van der Waals surface area contributed by atoms with Crippen molar-refractivity contribution in [2.45, 2.75) is 19.1 Å². The number of halogens is 3. The molecule has 3 aromatic rings. The monoisotopic (exact) mass is 408 g/mol. The zero-order chi connectivity index (χ0) is 19.5. The number of hydrogen-bond acceptors (Lipinski definition) is 6. The van der Waals surface area contributed by atoms with Gasteiger partial charge in [-0.05, 0) is 6.07 Å². The lowest BCUT2D eigenvalue weighted by atomic mass is 9.72. The van der Waals surface area contributed by atoms with E-state index >= 15 is 0 Å². The Morgan fingerprint density at radius 2 is 1.96 bits per heavy atom. The zero-order valence-corrected chi connectivity index (χ0v) is 16.1. The standard InChI is InChI=1S/C18H19F3N6S/c1-25-5-12(4-24-25)6-26-7-17(8-26)9-27(10-17)15-14-2-13(3-18(19,20)21)28-16(14)23-11-22-15/h2,4-5,11H,3,6-10H2,1H3. The van der Waals surface area contributed by atoms with Gasteiger partial charge in [0.2, 0.25) is 0 Å². The molecule has 0 unspecified atom stereocenters. The van der Waals surface area contributed by atoms with E-state index in [0.717, 1.165) is 55.3 Å². The van der Waals surface area contributed by atoms with Gasteiger partial charge in [-0.15, -0.1) is 11.3 Å². The van der Waals surface area contributed by atoms with Crippen LogP contribution in [0.5, 0.6) is 0 Å². The number of thiophene rings is 1. The molecule has 0 aliphatic carbocycles. The van der Waals surface area contributed by atoms with Crippen LogP contribution in [-0.2, 0) is 20.0 Å². The van der Waals surface area contributed by atoms with Crippen LogP contribution in [0.15, 0.2) is 24.8 Å². The Labute approximate surface area is 163 Å². The largest absolute Gasteiger partial charge is 0.393 e. The lowest BCUT2D eigenvalue weighted by Crippen LogP contribution is -2.72. The van der Waals surface area contributed by atoms with E-state index in [1.165, 1.54) is 11.9 Å². The van der Waals surface area contributed by atoms with E-state index < -0.39 is 12.6 Å². The molecule has 148 valence electrons. The predicted molar refractivity (Wildman–Crippen MR) is 100 cm³/mol. The van der Waals surface area contributed by atoms with Crippen LogP contribution in [0.1, 0.15) is 10.4 Å². The van der Waals surface area contributed by atoms with E-state index in [0.29, 0.717) is 4.83 Å². The lowest BCUT2D eigenvalue weighted by molar-refractivity contribution is -0.126. The summed E-state index contributed by atoms with van der Waals surface area (Å²) in [6.07, 6.45) is 0.251. The first-order chi connectivity index (χ1) is 13.3. The number of aryl methyl sites for hydroxylation is 1. The molecule has 1 spiro atoms. The molecule has 0 saturated carbocycles. The molecule has 0 N–H and O–H groups in total. The van der Waals surface area contributed by atoms with E-state index in [9.17, 15) is 13.2 Å². The van der Waals surface area contributed by atoms with Crippen LogP contribution in [0.4, 0.5) is 19.0 Å². The van der Waals surface area contributed by atoms with Gasteiger partial charge in [0.15, 0.2) is 0 Å². The Morgan fingerprint density at radius 1 is 1.18 bits per heavy atom. The second-order valence-corrected chi connectivity index (χ2v) is 9.06. The molecule has 2 saturated heterocycles. The van der Waals surface area contributed by atoms with Crippen LogP contribution in [0.25, 0.3) is 10.2 Å². The summed E-state index contributed by atoms with van der Waals surface area (Å²) in [6, 6.07) is 1.60. The van der Waals surface area contributed by atoms with Gasteiger partial charge in [0.1, 0.15) is 17.0 Å². The van der Waals surface area contributed by atoms with Crippen molar-refractivity contribution in [2.24, 2.45) is 12.5 Å². The van der Waals surface area contributed by atoms with E-state index in [1.807, 2.05) is 24.1 Å². The molecule has 28 heavy (non-hydrogen) atoms. The van der Waals surface area contributed by atoms with Gasteiger partial charge in [-0.3, -0.25) is 9.58 Å². The molecule has 0 bridgehead atoms. The highest BCUT2D eigenvalue weighted by atomic mass is 32.1. The van der Waals surface area contributed by atoms with Crippen LogP contribution >= 0.6 is 11.3 Å². The topological polar surface area (TPSA) is 50.1 Å². The van der Waals surface area contributed by atoms with Crippen molar-refractivity contribution in [3.05, 3.63) is 35.2 Å². The van der Waals surface area contributed by atoms with Crippen LogP contribution < -0.4 is 4.90 Å². The fraction of sp³-hybridized carbons (Fsp3) is 0.500. The van der Waals surface area contributed by atoms with Gasteiger partial charge in [0.05, 0.1) is 18.0 Å². The summed E-state index contributed by atoms with van der Waals surface area (Å²) in [5, 5.41) is 4.93. The smallest absolute Gasteiger partial charge is 0.355 e. The second-order valence-electron chi connectivity index (χ2n) is 7.94. The molecule has 0 atom stereocenters. The molecule has 0 amide bonds. The number of rotatable bonds is 4. The number of likely N-dealkylation sites (tertiary alicyclic amines) is 1. The van der Waals surface area contributed by atoms with Crippen LogP contribution in [0, 0.1) is 5.41 Å². The molecule has 6 nitrogen and oxygen atoms in total. The summed E-state index contributed by atoms with van der Waals surface area (Å²) < 4.78 is 39.9. The third kappa shape index (κ3) is 3.24. The Bertz CT molecular complexity index is 1010. The van der Waals surface area contributed by atoms with Crippen molar-refractivity contribution in [1.29, 1.82) is 0 Å². The third-order valence-electron chi connectivity index (χ3n) is 5.37. The minimum atomic E-state index is -4.21. The van der Waals surface area contributed by atoms with Gasteiger partial charge < -0.3 is 4.90 Å². The van der Waals surface area contributed by atoms with Crippen molar-refractivity contribution in [2.75, 3.05) is 31.1 Å². The van der Waals surface area contributed by atoms with Crippen LogP contribution in [-0.4, -0.2) is 57.0 Å². The minimum Gasteiger partial charge on any atom is -0.355 e. The number of alkyl halides is 3. The molecule has 5 heterocycles. The highest BCUT2D eigenvalue weighted by Crippen LogP contribution is 2.44. The quantitative estimate of drug-likeness (QED) is 0.665.